The molecule has 0 saturated carbocycles. The molecule has 0 bridgehead atoms. The SMILES string of the molecule is CC(C)NC(=O)C(=O)N/N=C\c1ccc(OCc2c(Cl)cccc2Cl)cc1. The molecule has 0 heterocycles. The smallest absolute Gasteiger partial charge is 0.329 e. The molecule has 0 radical (unpaired) electrons. The summed E-state index contributed by atoms with van der Waals surface area (Å²) in [4.78, 5) is 23.0. The average Bonchev–Trinajstić information content (AvgIpc) is 2.62. The Hall–Kier alpha value is -2.57. The summed E-state index contributed by atoms with van der Waals surface area (Å²) in [6.07, 6.45) is 1.43. The summed E-state index contributed by atoms with van der Waals surface area (Å²) < 4.78 is 5.68. The Labute approximate surface area is 167 Å². The van der Waals surface area contributed by atoms with Gasteiger partial charge in [0.25, 0.3) is 0 Å². The third-order valence-electron chi connectivity index (χ3n) is 3.33. The van der Waals surface area contributed by atoms with Crippen molar-refractivity contribution in [1.29, 1.82) is 0 Å². The van der Waals surface area contributed by atoms with Crippen molar-refractivity contribution >= 4 is 41.2 Å². The van der Waals surface area contributed by atoms with Gasteiger partial charge < -0.3 is 10.1 Å². The van der Waals surface area contributed by atoms with Crippen molar-refractivity contribution in [3.63, 3.8) is 0 Å². The van der Waals surface area contributed by atoms with E-state index in [9.17, 15) is 9.59 Å². The maximum absolute atomic E-state index is 11.5. The van der Waals surface area contributed by atoms with Crippen molar-refractivity contribution in [2.75, 3.05) is 0 Å². The third-order valence-corrected chi connectivity index (χ3v) is 4.04. The highest BCUT2D eigenvalue weighted by Crippen LogP contribution is 2.25. The number of hydrogen-bond acceptors (Lipinski definition) is 4. The van der Waals surface area contributed by atoms with Crippen molar-refractivity contribution in [1.82, 2.24) is 10.7 Å². The second kappa shape index (κ2) is 9.94. The summed E-state index contributed by atoms with van der Waals surface area (Å²) in [5.74, 6) is -0.927. The maximum Gasteiger partial charge on any atom is 0.329 e. The van der Waals surface area contributed by atoms with E-state index in [1.807, 2.05) is 0 Å². The molecule has 0 aliphatic rings. The molecule has 0 aliphatic carbocycles. The zero-order valence-electron chi connectivity index (χ0n) is 14.8. The van der Waals surface area contributed by atoms with E-state index in [1.165, 1.54) is 6.21 Å². The van der Waals surface area contributed by atoms with Crippen molar-refractivity contribution in [3.8, 4) is 5.75 Å². The molecule has 0 unspecified atom stereocenters. The van der Waals surface area contributed by atoms with Gasteiger partial charge in [-0.05, 0) is 55.8 Å². The Bertz CT molecular complexity index is 816. The van der Waals surface area contributed by atoms with Crippen LogP contribution in [-0.4, -0.2) is 24.1 Å². The number of nitrogens with zero attached hydrogens (tertiary/aromatic N) is 1. The Morgan fingerprint density at radius 1 is 1.07 bits per heavy atom. The van der Waals surface area contributed by atoms with Crippen LogP contribution in [0.3, 0.4) is 0 Å². The Morgan fingerprint density at radius 2 is 1.70 bits per heavy atom. The molecule has 0 atom stereocenters. The van der Waals surface area contributed by atoms with Gasteiger partial charge >= 0.3 is 11.8 Å². The fraction of sp³-hybridized carbons (Fsp3) is 0.211. The normalized spacial score (nSPS) is 10.9. The van der Waals surface area contributed by atoms with Gasteiger partial charge in [-0.1, -0.05) is 29.3 Å². The number of carbonyl (C=O) groups is 2. The second-order valence-electron chi connectivity index (χ2n) is 5.89. The summed E-state index contributed by atoms with van der Waals surface area (Å²) in [6, 6.07) is 12.2. The number of amides is 2. The van der Waals surface area contributed by atoms with Gasteiger partial charge in [0.15, 0.2) is 0 Å². The fourth-order valence-corrected chi connectivity index (χ4v) is 2.53. The number of benzene rings is 2. The standard InChI is InChI=1S/C19H19Cl2N3O3/c1-12(2)23-18(25)19(26)24-22-10-13-6-8-14(9-7-13)27-11-15-16(20)4-3-5-17(15)21/h3-10,12H,11H2,1-2H3,(H,23,25)(H,24,26)/b22-10-. The van der Waals surface area contributed by atoms with Crippen LogP contribution in [0, 0.1) is 0 Å². The molecule has 142 valence electrons. The minimum absolute atomic E-state index is 0.125. The summed E-state index contributed by atoms with van der Waals surface area (Å²) in [5.41, 5.74) is 3.61. The molecule has 2 rings (SSSR count). The topological polar surface area (TPSA) is 79.8 Å². The molecule has 0 aliphatic heterocycles. The van der Waals surface area contributed by atoms with E-state index in [0.717, 1.165) is 5.56 Å². The monoisotopic (exact) mass is 407 g/mol. The summed E-state index contributed by atoms with van der Waals surface area (Å²) >= 11 is 12.2. The number of carbonyl (C=O) groups excluding carboxylic acids is 2. The van der Waals surface area contributed by atoms with Gasteiger partial charge in [-0.15, -0.1) is 0 Å². The van der Waals surface area contributed by atoms with Crippen LogP contribution in [0.5, 0.6) is 5.75 Å². The number of nitrogens with one attached hydrogen (secondary N) is 2. The number of rotatable bonds is 6. The molecule has 8 heteroatoms. The first-order valence-corrected chi connectivity index (χ1v) is 8.92. The fourth-order valence-electron chi connectivity index (χ4n) is 2.02. The van der Waals surface area contributed by atoms with Gasteiger partial charge in [-0.25, -0.2) is 5.43 Å². The second-order valence-corrected chi connectivity index (χ2v) is 6.70. The van der Waals surface area contributed by atoms with Crippen molar-refractivity contribution in [2.24, 2.45) is 5.10 Å². The lowest BCUT2D eigenvalue weighted by molar-refractivity contribution is -0.139. The molecule has 0 spiro atoms. The van der Waals surface area contributed by atoms with Crippen molar-refractivity contribution < 1.29 is 14.3 Å². The zero-order valence-corrected chi connectivity index (χ0v) is 16.3. The van der Waals surface area contributed by atoms with Crippen LogP contribution in [0.15, 0.2) is 47.6 Å². The average molecular weight is 408 g/mol. The van der Waals surface area contributed by atoms with Gasteiger partial charge in [0.05, 0.1) is 6.21 Å². The van der Waals surface area contributed by atoms with E-state index in [-0.39, 0.29) is 12.6 Å². The number of hydrogen-bond donors (Lipinski definition) is 2. The lowest BCUT2D eigenvalue weighted by Crippen LogP contribution is -2.41. The van der Waals surface area contributed by atoms with E-state index >= 15 is 0 Å². The predicted octanol–water partition coefficient (Wildman–Crippen LogP) is 3.55. The van der Waals surface area contributed by atoms with Gasteiger partial charge in [0.2, 0.25) is 0 Å². The van der Waals surface area contributed by atoms with E-state index in [0.29, 0.717) is 21.4 Å². The van der Waals surface area contributed by atoms with Gasteiger partial charge in [0.1, 0.15) is 12.4 Å². The lowest BCUT2D eigenvalue weighted by atomic mass is 10.2. The number of ether oxygens (including phenoxy) is 1. The van der Waals surface area contributed by atoms with E-state index in [4.69, 9.17) is 27.9 Å². The first kappa shape index (κ1) is 20.7. The molecule has 2 amide bonds. The Kier molecular flexibility index (Phi) is 7.64. The van der Waals surface area contributed by atoms with Gasteiger partial charge in [-0.2, -0.15) is 5.10 Å². The van der Waals surface area contributed by atoms with E-state index < -0.39 is 11.8 Å². The van der Waals surface area contributed by atoms with E-state index in [1.54, 1.807) is 56.3 Å². The van der Waals surface area contributed by atoms with Crippen molar-refractivity contribution in [3.05, 3.63) is 63.6 Å². The number of hydrazone groups is 1. The Morgan fingerprint density at radius 3 is 2.30 bits per heavy atom. The molecule has 0 fully saturated rings. The molecule has 0 aromatic heterocycles. The predicted molar refractivity (Wildman–Crippen MR) is 106 cm³/mol. The van der Waals surface area contributed by atoms with Crippen LogP contribution in [0.25, 0.3) is 0 Å². The maximum atomic E-state index is 11.5. The first-order chi connectivity index (χ1) is 12.9. The largest absolute Gasteiger partial charge is 0.489 e. The molecular formula is C19H19Cl2N3O3. The van der Waals surface area contributed by atoms with Gasteiger partial charge in [-0.3, -0.25) is 9.59 Å². The van der Waals surface area contributed by atoms with Crippen molar-refractivity contribution in [2.45, 2.75) is 26.5 Å². The summed E-state index contributed by atoms with van der Waals surface area (Å²) in [6.45, 7) is 3.77. The molecule has 0 saturated heterocycles. The minimum atomic E-state index is -0.823. The lowest BCUT2D eigenvalue weighted by Gasteiger charge is -2.09. The third kappa shape index (κ3) is 6.58. The summed E-state index contributed by atoms with van der Waals surface area (Å²) in [7, 11) is 0. The molecular weight excluding hydrogens is 389 g/mol. The Balaban J connectivity index is 1.88. The highest BCUT2D eigenvalue weighted by molar-refractivity contribution is 6.36. The van der Waals surface area contributed by atoms with Crippen LogP contribution in [0.1, 0.15) is 25.0 Å². The summed E-state index contributed by atoms with van der Waals surface area (Å²) in [5, 5.41) is 7.32. The van der Waals surface area contributed by atoms with E-state index in [2.05, 4.69) is 15.8 Å². The zero-order chi connectivity index (χ0) is 19.8. The van der Waals surface area contributed by atoms with Crippen LogP contribution < -0.4 is 15.5 Å². The quantitative estimate of drug-likeness (QED) is 0.436. The molecule has 2 aromatic rings. The van der Waals surface area contributed by atoms with Crippen LogP contribution in [0.2, 0.25) is 10.0 Å². The van der Waals surface area contributed by atoms with Crippen LogP contribution in [0.4, 0.5) is 0 Å². The highest BCUT2D eigenvalue weighted by atomic mass is 35.5. The molecule has 27 heavy (non-hydrogen) atoms. The highest BCUT2D eigenvalue weighted by Gasteiger charge is 2.12. The molecule has 2 aromatic carbocycles. The molecule has 6 nitrogen and oxygen atoms in total. The number of halogens is 2. The van der Waals surface area contributed by atoms with Crippen LogP contribution in [-0.2, 0) is 16.2 Å². The molecule has 2 N–H and O–H groups in total. The van der Waals surface area contributed by atoms with Crippen LogP contribution >= 0.6 is 23.2 Å². The minimum Gasteiger partial charge on any atom is -0.489 e. The van der Waals surface area contributed by atoms with Gasteiger partial charge in [0, 0.05) is 21.7 Å². The first-order valence-electron chi connectivity index (χ1n) is 8.16.